The molecule has 5 heteroatoms. The maximum Gasteiger partial charge on any atom is 0.146 e. The molecule has 0 aliphatic heterocycles. The molecule has 3 nitrogen and oxygen atoms in total. The first kappa shape index (κ1) is 13.8. The lowest BCUT2D eigenvalue weighted by Crippen LogP contribution is -2.00. The molecule has 100 valence electrons. The molecular formula is C14H13Cl2NO2. The Balaban J connectivity index is 2.16. The molecule has 0 saturated heterocycles. The van der Waals surface area contributed by atoms with E-state index in [1.807, 2.05) is 12.1 Å². The molecular weight excluding hydrogens is 285 g/mol. The van der Waals surface area contributed by atoms with E-state index in [1.165, 1.54) is 0 Å². The van der Waals surface area contributed by atoms with Crippen LogP contribution in [-0.2, 0) is 6.61 Å². The molecule has 0 unspecified atom stereocenters. The monoisotopic (exact) mass is 297 g/mol. The SMILES string of the molecule is COc1ccc(N)c(OCc2cccc(Cl)c2Cl)c1. The Bertz CT molecular complexity index is 588. The van der Waals surface area contributed by atoms with Crippen LogP contribution in [0.3, 0.4) is 0 Å². The van der Waals surface area contributed by atoms with Crippen LogP contribution in [0.5, 0.6) is 11.5 Å². The van der Waals surface area contributed by atoms with E-state index in [0.29, 0.717) is 27.2 Å². The van der Waals surface area contributed by atoms with Crippen molar-refractivity contribution in [3.05, 3.63) is 52.0 Å². The highest BCUT2D eigenvalue weighted by Crippen LogP contribution is 2.30. The minimum atomic E-state index is 0.288. The molecule has 2 rings (SSSR count). The smallest absolute Gasteiger partial charge is 0.146 e. The molecule has 0 atom stereocenters. The molecule has 19 heavy (non-hydrogen) atoms. The van der Waals surface area contributed by atoms with Gasteiger partial charge in [-0.3, -0.25) is 0 Å². The lowest BCUT2D eigenvalue weighted by atomic mass is 10.2. The molecule has 0 amide bonds. The fourth-order valence-electron chi connectivity index (χ4n) is 1.58. The van der Waals surface area contributed by atoms with Gasteiger partial charge in [-0.1, -0.05) is 35.3 Å². The van der Waals surface area contributed by atoms with Gasteiger partial charge >= 0.3 is 0 Å². The minimum absolute atomic E-state index is 0.288. The number of rotatable bonds is 4. The minimum Gasteiger partial charge on any atom is -0.497 e. The van der Waals surface area contributed by atoms with Crippen LogP contribution in [0, 0.1) is 0 Å². The van der Waals surface area contributed by atoms with E-state index in [4.69, 9.17) is 38.4 Å². The van der Waals surface area contributed by atoms with Gasteiger partial charge in [-0.05, 0) is 18.2 Å². The van der Waals surface area contributed by atoms with Gasteiger partial charge in [0, 0.05) is 11.6 Å². The summed E-state index contributed by atoms with van der Waals surface area (Å²) in [6, 6.07) is 10.6. The van der Waals surface area contributed by atoms with Crippen LogP contribution in [0.1, 0.15) is 5.56 Å². The predicted octanol–water partition coefficient (Wildman–Crippen LogP) is 4.16. The van der Waals surface area contributed by atoms with Gasteiger partial charge in [-0.25, -0.2) is 0 Å². The molecule has 0 fully saturated rings. The third-order valence-electron chi connectivity index (χ3n) is 2.64. The van der Waals surface area contributed by atoms with Gasteiger partial charge in [0.1, 0.15) is 18.1 Å². The van der Waals surface area contributed by atoms with Crippen LogP contribution in [-0.4, -0.2) is 7.11 Å². The van der Waals surface area contributed by atoms with Crippen molar-refractivity contribution in [2.45, 2.75) is 6.61 Å². The van der Waals surface area contributed by atoms with Gasteiger partial charge in [0.05, 0.1) is 22.8 Å². The normalized spacial score (nSPS) is 10.3. The first-order valence-electron chi connectivity index (χ1n) is 5.61. The van der Waals surface area contributed by atoms with Crippen LogP contribution >= 0.6 is 23.2 Å². The first-order valence-corrected chi connectivity index (χ1v) is 6.36. The number of methoxy groups -OCH3 is 1. The quantitative estimate of drug-likeness (QED) is 0.862. The van der Waals surface area contributed by atoms with Gasteiger partial charge in [-0.15, -0.1) is 0 Å². The van der Waals surface area contributed by atoms with Gasteiger partial charge in [0.25, 0.3) is 0 Å². The summed E-state index contributed by atoms with van der Waals surface area (Å²) in [5, 5.41) is 0.993. The highest BCUT2D eigenvalue weighted by Gasteiger charge is 2.07. The maximum absolute atomic E-state index is 6.09. The van der Waals surface area contributed by atoms with Crippen LogP contribution in [0.25, 0.3) is 0 Å². The third kappa shape index (κ3) is 3.25. The van der Waals surface area contributed by atoms with E-state index in [9.17, 15) is 0 Å². The van der Waals surface area contributed by atoms with Crippen molar-refractivity contribution >= 4 is 28.9 Å². The number of halogens is 2. The van der Waals surface area contributed by atoms with E-state index in [2.05, 4.69) is 0 Å². The van der Waals surface area contributed by atoms with E-state index < -0.39 is 0 Å². The zero-order valence-electron chi connectivity index (χ0n) is 10.3. The Labute approximate surface area is 121 Å². The lowest BCUT2D eigenvalue weighted by Gasteiger charge is -2.11. The van der Waals surface area contributed by atoms with Crippen LogP contribution in [0.2, 0.25) is 10.0 Å². The molecule has 0 heterocycles. The summed E-state index contributed by atoms with van der Waals surface area (Å²) in [4.78, 5) is 0. The number of hydrogen-bond acceptors (Lipinski definition) is 3. The molecule has 2 aromatic carbocycles. The van der Waals surface area contributed by atoms with E-state index in [1.54, 1.807) is 31.4 Å². The average molecular weight is 298 g/mol. The van der Waals surface area contributed by atoms with Crippen molar-refractivity contribution in [2.75, 3.05) is 12.8 Å². The summed E-state index contributed by atoms with van der Waals surface area (Å²) in [5.41, 5.74) is 7.18. The van der Waals surface area contributed by atoms with Gasteiger partial charge in [0.2, 0.25) is 0 Å². The molecule has 0 spiro atoms. The first-order chi connectivity index (χ1) is 9.11. The highest BCUT2D eigenvalue weighted by molar-refractivity contribution is 6.42. The van der Waals surface area contributed by atoms with Crippen molar-refractivity contribution in [3.8, 4) is 11.5 Å². The Morgan fingerprint density at radius 3 is 2.68 bits per heavy atom. The standard InChI is InChI=1S/C14H13Cl2NO2/c1-18-10-5-6-12(17)13(7-10)19-8-9-3-2-4-11(15)14(9)16/h2-7H,8,17H2,1H3. The van der Waals surface area contributed by atoms with E-state index in [-0.39, 0.29) is 6.61 Å². The zero-order chi connectivity index (χ0) is 13.8. The molecule has 0 aliphatic carbocycles. The van der Waals surface area contributed by atoms with Crippen molar-refractivity contribution in [2.24, 2.45) is 0 Å². The summed E-state index contributed by atoms with van der Waals surface area (Å²) < 4.78 is 10.8. The van der Waals surface area contributed by atoms with E-state index in [0.717, 1.165) is 5.56 Å². The van der Waals surface area contributed by atoms with Crippen molar-refractivity contribution < 1.29 is 9.47 Å². The average Bonchev–Trinajstić information content (AvgIpc) is 2.42. The van der Waals surface area contributed by atoms with Gasteiger partial charge < -0.3 is 15.2 Å². The zero-order valence-corrected chi connectivity index (χ0v) is 11.8. The fraction of sp³-hybridized carbons (Fsp3) is 0.143. The number of anilines is 1. The summed E-state index contributed by atoms with van der Waals surface area (Å²) in [6.45, 7) is 0.288. The van der Waals surface area contributed by atoms with Gasteiger partial charge in [-0.2, -0.15) is 0 Å². The van der Waals surface area contributed by atoms with Crippen LogP contribution in [0.15, 0.2) is 36.4 Å². The van der Waals surface area contributed by atoms with E-state index >= 15 is 0 Å². The summed E-state index contributed by atoms with van der Waals surface area (Å²) in [6.07, 6.45) is 0. The second-order valence-corrected chi connectivity index (χ2v) is 4.69. The third-order valence-corrected chi connectivity index (χ3v) is 3.49. The molecule has 0 saturated carbocycles. The Kier molecular flexibility index (Phi) is 4.40. The Morgan fingerprint density at radius 1 is 1.16 bits per heavy atom. The number of ether oxygens (including phenoxy) is 2. The Morgan fingerprint density at radius 2 is 1.95 bits per heavy atom. The van der Waals surface area contributed by atoms with Crippen LogP contribution in [0.4, 0.5) is 5.69 Å². The second kappa shape index (κ2) is 6.04. The number of nitrogen functional groups attached to an aromatic ring is 1. The molecule has 0 radical (unpaired) electrons. The second-order valence-electron chi connectivity index (χ2n) is 3.91. The topological polar surface area (TPSA) is 44.5 Å². The predicted molar refractivity (Wildman–Crippen MR) is 78.2 cm³/mol. The maximum atomic E-state index is 6.09. The summed E-state index contributed by atoms with van der Waals surface area (Å²) in [5.74, 6) is 1.23. The number of hydrogen-bond donors (Lipinski definition) is 1. The Hall–Kier alpha value is -1.58. The van der Waals surface area contributed by atoms with Crippen LogP contribution < -0.4 is 15.2 Å². The molecule has 0 aromatic heterocycles. The van der Waals surface area contributed by atoms with Gasteiger partial charge in [0.15, 0.2) is 0 Å². The summed E-state index contributed by atoms with van der Waals surface area (Å²) >= 11 is 12.0. The molecule has 2 aromatic rings. The van der Waals surface area contributed by atoms with Crippen molar-refractivity contribution in [3.63, 3.8) is 0 Å². The van der Waals surface area contributed by atoms with Crippen molar-refractivity contribution in [1.82, 2.24) is 0 Å². The largest absolute Gasteiger partial charge is 0.497 e. The molecule has 0 bridgehead atoms. The number of nitrogens with two attached hydrogens (primary N) is 1. The molecule has 2 N–H and O–H groups in total. The number of benzene rings is 2. The van der Waals surface area contributed by atoms with Crippen molar-refractivity contribution in [1.29, 1.82) is 0 Å². The summed E-state index contributed by atoms with van der Waals surface area (Å²) in [7, 11) is 1.59. The highest BCUT2D eigenvalue weighted by atomic mass is 35.5. The fourth-order valence-corrected chi connectivity index (χ4v) is 1.96. The lowest BCUT2D eigenvalue weighted by molar-refractivity contribution is 0.305. The molecule has 0 aliphatic rings.